The Kier molecular flexibility index (Phi) is 9.14. The molecule has 4 aromatic rings. The Balaban J connectivity index is 1.23. The van der Waals surface area contributed by atoms with Crippen LogP contribution in [0.4, 0.5) is 28.0 Å². The average molecular weight is 625 g/mol. The van der Waals surface area contributed by atoms with Gasteiger partial charge in [-0.05, 0) is 59.9 Å². The van der Waals surface area contributed by atoms with E-state index in [1.165, 1.54) is 59.2 Å². The number of thioether (sulfide) groups is 1. The highest BCUT2D eigenvalue weighted by Crippen LogP contribution is 2.33. The molecule has 0 spiro atoms. The lowest BCUT2D eigenvalue weighted by Crippen LogP contribution is -2.26. The number of amidine groups is 1. The van der Waals surface area contributed by atoms with E-state index in [2.05, 4.69) is 56.9 Å². The summed E-state index contributed by atoms with van der Waals surface area (Å²) in [7, 11) is 0. The van der Waals surface area contributed by atoms with E-state index in [4.69, 9.17) is 0 Å². The van der Waals surface area contributed by atoms with Crippen molar-refractivity contribution in [2.75, 3.05) is 17.2 Å². The summed E-state index contributed by atoms with van der Waals surface area (Å²) in [4.78, 5) is 26.7. The van der Waals surface area contributed by atoms with Crippen LogP contribution in [-0.2, 0) is 0 Å². The molecule has 1 aliphatic rings. The molecule has 5 rings (SSSR count). The number of ether oxygens (including phenoxy) is 1. The summed E-state index contributed by atoms with van der Waals surface area (Å²) in [6, 6.07) is 16.9. The van der Waals surface area contributed by atoms with Crippen molar-refractivity contribution >= 4 is 34.9 Å². The monoisotopic (exact) mass is 624 g/mol. The van der Waals surface area contributed by atoms with E-state index in [0.717, 1.165) is 28.8 Å². The van der Waals surface area contributed by atoms with E-state index in [0.29, 0.717) is 34.7 Å². The molecular weight excluding hydrogens is 596 g/mol. The van der Waals surface area contributed by atoms with Gasteiger partial charge >= 0.3 is 12.4 Å². The number of urea groups is 1. The smallest absolute Gasteiger partial charge is 0.406 e. The summed E-state index contributed by atoms with van der Waals surface area (Å²) in [5.41, 5.74) is 4.61. The average Bonchev–Trinajstić information content (AvgIpc) is 3.66. The predicted octanol–water partition coefficient (Wildman–Crippen LogP) is 8.08. The number of aromatic nitrogens is 3. The first-order valence-electron chi connectivity index (χ1n) is 13.7. The van der Waals surface area contributed by atoms with E-state index < -0.39 is 18.6 Å². The van der Waals surface area contributed by atoms with Crippen molar-refractivity contribution < 1.29 is 27.1 Å². The molecule has 1 atom stereocenters. The molecule has 8 nitrogen and oxygen atoms in total. The van der Waals surface area contributed by atoms with Gasteiger partial charge in [-0.1, -0.05) is 62.0 Å². The van der Waals surface area contributed by atoms with Gasteiger partial charge in [-0.25, -0.2) is 23.8 Å². The zero-order valence-corrected chi connectivity index (χ0v) is 24.8. The molecule has 2 heterocycles. The van der Waals surface area contributed by atoms with Gasteiger partial charge in [-0.15, -0.1) is 18.3 Å². The lowest BCUT2D eigenvalue weighted by atomic mass is 9.99. The topological polar surface area (TPSA) is 85.0 Å². The first-order valence-corrected chi connectivity index (χ1v) is 14.7. The number of nitrogens with zero attached hydrogens (tertiary/aromatic N) is 6. The maximum atomic E-state index is 15.0. The summed E-state index contributed by atoms with van der Waals surface area (Å²) in [6.07, 6.45) is -4.09. The second kappa shape index (κ2) is 13.0. The molecule has 0 radical (unpaired) electrons. The fourth-order valence-corrected chi connectivity index (χ4v) is 5.50. The van der Waals surface area contributed by atoms with E-state index in [9.17, 15) is 22.4 Å². The minimum absolute atomic E-state index is 0.274. The van der Waals surface area contributed by atoms with Crippen LogP contribution in [0.1, 0.15) is 42.6 Å². The Bertz CT molecular complexity index is 1680. The highest BCUT2D eigenvalue weighted by molar-refractivity contribution is 8.14. The Hall–Kier alpha value is -4.52. The van der Waals surface area contributed by atoms with Crippen molar-refractivity contribution in [1.29, 1.82) is 0 Å². The minimum Gasteiger partial charge on any atom is -0.406 e. The maximum absolute atomic E-state index is 15.0. The lowest BCUT2D eigenvalue weighted by Gasteiger charge is -2.23. The van der Waals surface area contributed by atoms with Gasteiger partial charge in [0.1, 0.15) is 12.1 Å². The van der Waals surface area contributed by atoms with Gasteiger partial charge < -0.3 is 9.64 Å². The molecular formula is C31H28F4N6O2S. The second-order valence-corrected chi connectivity index (χ2v) is 11.3. The van der Waals surface area contributed by atoms with Gasteiger partial charge in [-0.3, -0.25) is 0 Å². The number of halogens is 4. The van der Waals surface area contributed by atoms with E-state index in [1.807, 2.05) is 11.8 Å². The zero-order valence-electron chi connectivity index (χ0n) is 24.0. The van der Waals surface area contributed by atoms with E-state index >= 15 is 0 Å². The van der Waals surface area contributed by atoms with Crippen LogP contribution in [0.2, 0.25) is 0 Å². The molecule has 0 aliphatic carbocycles. The SMILES string of the molecule is Cc1ccc(C(C)C)c(N2CCSC2=NC(=O)N=CC(F)c2ccc(-c3ncn(-c4ccc(OC(F)(F)F)cc4)n3)cc2)c1. The molecule has 228 valence electrons. The van der Waals surface area contributed by atoms with Gasteiger partial charge in [0.15, 0.2) is 17.2 Å². The van der Waals surface area contributed by atoms with Crippen molar-refractivity contribution in [2.24, 2.45) is 9.98 Å². The molecule has 1 unspecified atom stereocenters. The molecule has 44 heavy (non-hydrogen) atoms. The summed E-state index contributed by atoms with van der Waals surface area (Å²) < 4.78 is 57.4. The largest absolute Gasteiger partial charge is 0.573 e. The summed E-state index contributed by atoms with van der Waals surface area (Å²) >= 11 is 1.46. The van der Waals surface area contributed by atoms with Crippen LogP contribution in [0, 0.1) is 6.92 Å². The summed E-state index contributed by atoms with van der Waals surface area (Å²) in [5.74, 6) is 1.04. The zero-order chi connectivity index (χ0) is 31.4. The van der Waals surface area contributed by atoms with Crippen LogP contribution in [0.25, 0.3) is 17.1 Å². The van der Waals surface area contributed by atoms with Crippen LogP contribution < -0.4 is 9.64 Å². The number of aryl methyl sites for hydroxylation is 1. The fourth-order valence-electron chi connectivity index (χ4n) is 4.56. The Morgan fingerprint density at radius 1 is 1.07 bits per heavy atom. The number of benzene rings is 3. The highest BCUT2D eigenvalue weighted by Gasteiger charge is 2.31. The van der Waals surface area contributed by atoms with Crippen LogP contribution in [0.15, 0.2) is 83.0 Å². The van der Waals surface area contributed by atoms with Crippen molar-refractivity contribution in [3.63, 3.8) is 0 Å². The van der Waals surface area contributed by atoms with Crippen LogP contribution >= 0.6 is 11.8 Å². The second-order valence-electron chi connectivity index (χ2n) is 10.3. The fraction of sp³-hybridized carbons (Fsp3) is 0.258. The molecule has 13 heteroatoms. The van der Waals surface area contributed by atoms with Crippen LogP contribution in [-0.4, -0.2) is 50.8 Å². The molecule has 0 saturated carbocycles. The van der Waals surface area contributed by atoms with Crippen LogP contribution in [0.5, 0.6) is 5.75 Å². The van der Waals surface area contributed by atoms with Gasteiger partial charge in [0.25, 0.3) is 0 Å². The van der Waals surface area contributed by atoms with Crippen molar-refractivity contribution in [3.8, 4) is 22.8 Å². The normalized spacial score (nSPS) is 15.5. The number of carbonyl (C=O) groups is 1. The first-order chi connectivity index (χ1) is 21.0. The molecule has 2 amide bonds. The van der Waals surface area contributed by atoms with Gasteiger partial charge in [0, 0.05) is 29.8 Å². The third-order valence-electron chi connectivity index (χ3n) is 6.70. The third-order valence-corrected chi connectivity index (χ3v) is 7.65. The number of amides is 2. The van der Waals surface area contributed by atoms with E-state index in [-0.39, 0.29) is 11.3 Å². The van der Waals surface area contributed by atoms with Gasteiger partial charge in [0.2, 0.25) is 0 Å². The van der Waals surface area contributed by atoms with Gasteiger partial charge in [-0.2, -0.15) is 4.99 Å². The number of alkyl halides is 4. The highest BCUT2D eigenvalue weighted by atomic mass is 32.2. The Morgan fingerprint density at radius 3 is 2.48 bits per heavy atom. The number of hydrogen-bond donors (Lipinski definition) is 0. The standard InChI is InChI=1S/C31H28F4N6O2S/c1-19(2)25-13-4-20(3)16-27(25)40-14-15-44-30(40)38-29(42)36-17-26(32)21-5-7-22(8-6-21)28-37-18-41(39-28)23-9-11-24(12-10-23)43-31(33,34)35/h4-13,16-19,26H,14-15H2,1-3H3. The quantitative estimate of drug-likeness (QED) is 0.153. The third kappa shape index (κ3) is 7.51. The molecule has 1 aliphatic heterocycles. The molecule has 1 saturated heterocycles. The number of rotatable bonds is 7. The molecule has 1 fully saturated rings. The van der Waals surface area contributed by atoms with Crippen LogP contribution in [0.3, 0.4) is 0 Å². The van der Waals surface area contributed by atoms with Gasteiger partial charge in [0.05, 0.1) is 5.69 Å². The number of anilines is 1. The first kappa shape index (κ1) is 30.9. The van der Waals surface area contributed by atoms with Crippen molar-refractivity contribution in [1.82, 2.24) is 14.8 Å². The number of aliphatic imine (C=N–C) groups is 2. The van der Waals surface area contributed by atoms with Crippen molar-refractivity contribution in [3.05, 3.63) is 89.7 Å². The molecule has 0 N–H and O–H groups in total. The predicted molar refractivity (Wildman–Crippen MR) is 164 cm³/mol. The summed E-state index contributed by atoms with van der Waals surface area (Å²) in [6.45, 7) is 6.95. The Labute approximate surface area is 255 Å². The molecule has 3 aromatic carbocycles. The van der Waals surface area contributed by atoms with E-state index in [1.54, 1.807) is 12.1 Å². The lowest BCUT2D eigenvalue weighted by molar-refractivity contribution is -0.274. The Morgan fingerprint density at radius 2 is 1.80 bits per heavy atom. The number of carbonyl (C=O) groups excluding carboxylic acids is 1. The molecule has 1 aromatic heterocycles. The molecule has 0 bridgehead atoms. The summed E-state index contributed by atoms with van der Waals surface area (Å²) in [5, 5.41) is 4.88. The minimum atomic E-state index is -4.78. The maximum Gasteiger partial charge on any atom is 0.573 e. The van der Waals surface area contributed by atoms with Crippen molar-refractivity contribution in [2.45, 2.75) is 39.2 Å². The number of hydrogen-bond acceptors (Lipinski definition) is 5.